The Hall–Kier alpha value is -3.34. The van der Waals surface area contributed by atoms with E-state index >= 15 is 0 Å². The fraction of sp³-hybridized carbons (Fsp3) is 0.167. The first-order valence-corrected chi connectivity index (χ1v) is 8.49. The van der Waals surface area contributed by atoms with Crippen molar-refractivity contribution >= 4 is 35.3 Å². The van der Waals surface area contributed by atoms with Gasteiger partial charge in [0.1, 0.15) is 11.5 Å². The summed E-state index contributed by atoms with van der Waals surface area (Å²) in [6.07, 6.45) is -2.89. The van der Waals surface area contributed by atoms with Crippen molar-refractivity contribution in [2.24, 2.45) is 5.10 Å². The molecule has 3 N–H and O–H groups in total. The lowest BCUT2D eigenvalue weighted by atomic mass is 10.2. The van der Waals surface area contributed by atoms with E-state index in [9.17, 15) is 32.3 Å². The zero-order valence-corrected chi connectivity index (χ0v) is 15.7. The fourth-order valence-electron chi connectivity index (χ4n) is 1.96. The van der Waals surface area contributed by atoms with Crippen LogP contribution in [0.15, 0.2) is 47.6 Å². The molecule has 0 saturated carbocycles. The lowest BCUT2D eigenvalue weighted by Gasteiger charge is -2.17. The summed E-state index contributed by atoms with van der Waals surface area (Å²) in [7, 11) is 0. The molecule has 2 aromatic carbocycles. The number of para-hydroxylation sites is 3. The highest BCUT2D eigenvalue weighted by atomic mass is 35.5. The van der Waals surface area contributed by atoms with Crippen molar-refractivity contribution < 1.29 is 37.0 Å². The number of nitrogens with zero attached hydrogens (tertiary/aromatic N) is 1. The van der Waals surface area contributed by atoms with E-state index < -0.39 is 30.8 Å². The number of halogens is 5. The maximum Gasteiger partial charge on any atom is 0.340 e. The second kappa shape index (κ2) is 9.92. The Labute approximate surface area is 172 Å². The van der Waals surface area contributed by atoms with Gasteiger partial charge in [0.15, 0.2) is 6.61 Å². The van der Waals surface area contributed by atoms with Crippen LogP contribution in [0.5, 0.6) is 11.5 Å². The van der Waals surface area contributed by atoms with Crippen molar-refractivity contribution in [2.75, 3.05) is 11.9 Å². The Morgan fingerprint density at radius 3 is 2.57 bits per heavy atom. The van der Waals surface area contributed by atoms with Crippen molar-refractivity contribution in [3.05, 3.63) is 53.1 Å². The summed E-state index contributed by atoms with van der Waals surface area (Å²) in [5, 5.41) is 15.4. The summed E-state index contributed by atoms with van der Waals surface area (Å²) in [5.74, 6) is -7.49. The number of benzene rings is 2. The Kier molecular flexibility index (Phi) is 7.59. The number of rotatable bonds is 7. The van der Waals surface area contributed by atoms with Crippen LogP contribution < -0.4 is 15.5 Å². The number of amides is 2. The van der Waals surface area contributed by atoms with Crippen molar-refractivity contribution in [1.82, 2.24) is 5.43 Å². The minimum Gasteiger partial charge on any atom is -0.506 e. The van der Waals surface area contributed by atoms with E-state index in [-0.39, 0.29) is 27.8 Å². The molecule has 2 aromatic rings. The van der Waals surface area contributed by atoms with E-state index in [2.05, 4.69) is 15.2 Å². The van der Waals surface area contributed by atoms with Gasteiger partial charge < -0.3 is 15.2 Å². The van der Waals surface area contributed by atoms with Gasteiger partial charge in [-0.05, 0) is 24.3 Å². The number of carbonyl (C=O) groups is 2. The Morgan fingerprint density at radius 1 is 1.17 bits per heavy atom. The van der Waals surface area contributed by atoms with Crippen LogP contribution in [0.1, 0.15) is 5.56 Å². The summed E-state index contributed by atoms with van der Waals surface area (Å²) in [4.78, 5) is 23.8. The first-order chi connectivity index (χ1) is 14.1. The third-order valence-corrected chi connectivity index (χ3v) is 3.77. The minimum absolute atomic E-state index is 0.0528. The minimum atomic E-state index is -4.39. The molecular weight excluding hydrogens is 434 g/mol. The van der Waals surface area contributed by atoms with Crippen LogP contribution >= 0.6 is 11.6 Å². The molecule has 7 nitrogen and oxygen atoms in total. The maximum absolute atomic E-state index is 13.0. The lowest BCUT2D eigenvalue weighted by molar-refractivity contribution is -0.148. The predicted molar refractivity (Wildman–Crippen MR) is 100 cm³/mol. The number of anilines is 1. The number of aromatic hydroxyl groups is 1. The van der Waals surface area contributed by atoms with Gasteiger partial charge in [0.25, 0.3) is 0 Å². The van der Waals surface area contributed by atoms with Crippen LogP contribution in [0.4, 0.5) is 23.2 Å². The smallest absolute Gasteiger partial charge is 0.340 e. The molecule has 0 bridgehead atoms. The molecule has 30 heavy (non-hydrogen) atoms. The van der Waals surface area contributed by atoms with E-state index in [4.69, 9.17) is 11.6 Å². The predicted octanol–water partition coefficient (Wildman–Crippen LogP) is 3.41. The summed E-state index contributed by atoms with van der Waals surface area (Å²) in [6.45, 7) is -1.63. The standard InChI is InChI=1S/C18H14ClF4N3O4/c19-11-5-3-4-10(14(11)27)8-24-26-16(29)15(28)25-12-6-1-2-7-13(12)30-9-18(22,23)17(20)21/h1-8,17,27H,9H2,(H,25,28)(H,26,29). The molecule has 0 aliphatic heterocycles. The van der Waals surface area contributed by atoms with Crippen LogP contribution in [-0.4, -0.2) is 42.1 Å². The molecule has 2 amide bonds. The Bertz CT molecular complexity index is 957. The molecule has 0 unspecified atom stereocenters. The topological polar surface area (TPSA) is 100 Å². The van der Waals surface area contributed by atoms with E-state index in [0.717, 1.165) is 12.3 Å². The second-order valence-electron chi connectivity index (χ2n) is 5.68. The van der Waals surface area contributed by atoms with Gasteiger partial charge >= 0.3 is 24.2 Å². The van der Waals surface area contributed by atoms with E-state index in [0.29, 0.717) is 0 Å². The molecule has 2 rings (SSSR count). The van der Waals surface area contributed by atoms with Gasteiger partial charge in [-0.25, -0.2) is 14.2 Å². The average molecular weight is 448 g/mol. The molecule has 0 saturated heterocycles. The zero-order chi connectivity index (χ0) is 22.3. The van der Waals surface area contributed by atoms with Crippen LogP contribution in [0, 0.1) is 0 Å². The monoisotopic (exact) mass is 447 g/mol. The van der Waals surface area contributed by atoms with Gasteiger partial charge in [-0.2, -0.15) is 13.9 Å². The van der Waals surface area contributed by atoms with E-state index in [1.54, 1.807) is 0 Å². The first kappa shape index (κ1) is 22.9. The first-order valence-electron chi connectivity index (χ1n) is 8.11. The fourth-order valence-corrected chi connectivity index (χ4v) is 2.14. The molecule has 0 aliphatic rings. The number of phenols is 1. The number of phenolic OH excluding ortho intramolecular Hbond substituents is 1. The van der Waals surface area contributed by atoms with E-state index in [1.807, 2.05) is 5.43 Å². The number of hydrogen-bond acceptors (Lipinski definition) is 5. The van der Waals surface area contributed by atoms with Crippen molar-refractivity contribution in [2.45, 2.75) is 12.3 Å². The summed E-state index contributed by atoms with van der Waals surface area (Å²) in [5.41, 5.74) is 1.87. The van der Waals surface area contributed by atoms with Crippen LogP contribution in [0.25, 0.3) is 0 Å². The van der Waals surface area contributed by atoms with Crippen molar-refractivity contribution in [1.29, 1.82) is 0 Å². The number of carbonyl (C=O) groups excluding carboxylic acids is 2. The van der Waals surface area contributed by atoms with Gasteiger partial charge in [-0.15, -0.1) is 0 Å². The number of hydrazone groups is 1. The summed E-state index contributed by atoms with van der Waals surface area (Å²) < 4.78 is 55.2. The van der Waals surface area contributed by atoms with Gasteiger partial charge in [0.2, 0.25) is 0 Å². The van der Waals surface area contributed by atoms with Crippen molar-refractivity contribution in [3.63, 3.8) is 0 Å². The van der Waals surface area contributed by atoms with Crippen molar-refractivity contribution in [3.8, 4) is 11.5 Å². The lowest BCUT2D eigenvalue weighted by Crippen LogP contribution is -2.34. The van der Waals surface area contributed by atoms with Gasteiger partial charge in [-0.3, -0.25) is 9.59 Å². The molecule has 0 aromatic heterocycles. The quantitative estimate of drug-likeness (QED) is 0.262. The van der Waals surface area contributed by atoms with Gasteiger partial charge in [0.05, 0.1) is 16.9 Å². The molecule has 0 fully saturated rings. The highest BCUT2D eigenvalue weighted by Crippen LogP contribution is 2.28. The summed E-state index contributed by atoms with van der Waals surface area (Å²) in [6, 6.07) is 9.51. The number of alkyl halides is 4. The largest absolute Gasteiger partial charge is 0.506 e. The van der Waals surface area contributed by atoms with E-state index in [1.165, 1.54) is 36.4 Å². The van der Waals surface area contributed by atoms with Gasteiger partial charge in [-0.1, -0.05) is 29.8 Å². The number of hydrogen-bond donors (Lipinski definition) is 3. The van der Waals surface area contributed by atoms with Gasteiger partial charge in [0, 0.05) is 5.56 Å². The molecule has 160 valence electrons. The maximum atomic E-state index is 13.0. The van der Waals surface area contributed by atoms with Crippen LogP contribution in [-0.2, 0) is 9.59 Å². The SMILES string of the molecule is O=C(NN=Cc1cccc(Cl)c1O)C(=O)Nc1ccccc1OCC(F)(F)C(F)F. The molecule has 0 spiro atoms. The molecule has 0 heterocycles. The highest BCUT2D eigenvalue weighted by molar-refractivity contribution is 6.39. The Balaban J connectivity index is 1.99. The molecule has 12 heteroatoms. The second-order valence-corrected chi connectivity index (χ2v) is 6.08. The Morgan fingerprint density at radius 2 is 1.87 bits per heavy atom. The molecular formula is C18H14ClF4N3O4. The summed E-state index contributed by atoms with van der Waals surface area (Å²) >= 11 is 5.72. The third kappa shape index (κ3) is 6.08. The zero-order valence-electron chi connectivity index (χ0n) is 14.9. The molecule has 0 aliphatic carbocycles. The van der Waals surface area contributed by atoms with Crippen LogP contribution in [0.2, 0.25) is 5.02 Å². The number of ether oxygens (including phenoxy) is 1. The normalized spacial score (nSPS) is 11.5. The number of nitrogens with one attached hydrogen (secondary N) is 2. The third-order valence-electron chi connectivity index (χ3n) is 3.47. The molecule has 0 radical (unpaired) electrons. The van der Waals surface area contributed by atoms with Crippen LogP contribution in [0.3, 0.4) is 0 Å². The highest BCUT2D eigenvalue weighted by Gasteiger charge is 2.41. The average Bonchev–Trinajstić information content (AvgIpc) is 2.70. The molecule has 0 atom stereocenters.